The minimum Gasteiger partial charge on any atom is -0.457 e. The number of benzene rings is 2. The molecule has 0 radical (unpaired) electrons. The monoisotopic (exact) mass is 466 g/mol. The van der Waals surface area contributed by atoms with Gasteiger partial charge in [0.1, 0.15) is 22.9 Å². The van der Waals surface area contributed by atoms with Crippen LogP contribution in [0.3, 0.4) is 0 Å². The van der Waals surface area contributed by atoms with Crippen molar-refractivity contribution in [1.29, 1.82) is 0 Å². The van der Waals surface area contributed by atoms with Crippen molar-refractivity contribution in [2.75, 3.05) is 16.0 Å². The molecule has 3 amide bonds. The van der Waals surface area contributed by atoms with Crippen LogP contribution in [-0.4, -0.2) is 22.9 Å². The van der Waals surface area contributed by atoms with Crippen molar-refractivity contribution in [2.45, 2.75) is 52.6 Å². The maximum Gasteiger partial charge on any atom is 0.412 e. The van der Waals surface area contributed by atoms with E-state index >= 15 is 0 Å². The average molecular weight is 467 g/mol. The second-order valence-corrected chi connectivity index (χ2v) is 9.68. The van der Waals surface area contributed by atoms with Gasteiger partial charge in [-0.05, 0) is 69.3 Å². The van der Waals surface area contributed by atoms with E-state index in [1.807, 2.05) is 20.8 Å². The lowest BCUT2D eigenvalue weighted by Crippen LogP contribution is -2.27. The highest BCUT2D eigenvalue weighted by atomic mass is 16.6. The Morgan fingerprint density at radius 1 is 0.794 bits per heavy atom. The van der Waals surface area contributed by atoms with Crippen molar-refractivity contribution < 1.29 is 23.6 Å². The largest absolute Gasteiger partial charge is 0.457 e. The molecule has 1 heterocycles. The van der Waals surface area contributed by atoms with E-state index in [-0.39, 0.29) is 5.41 Å². The smallest absolute Gasteiger partial charge is 0.412 e. The Bertz CT molecular complexity index is 1120. The predicted molar refractivity (Wildman–Crippen MR) is 131 cm³/mol. The highest BCUT2D eigenvalue weighted by Gasteiger charge is 2.20. The normalized spacial score (nSPS) is 11.5. The molecule has 0 aliphatic rings. The van der Waals surface area contributed by atoms with Crippen LogP contribution < -0.4 is 20.7 Å². The number of hydrogen-bond acceptors (Lipinski definition) is 6. The fourth-order valence-electron chi connectivity index (χ4n) is 2.74. The lowest BCUT2D eigenvalue weighted by atomic mass is 9.93. The highest BCUT2D eigenvalue weighted by Crippen LogP contribution is 2.26. The van der Waals surface area contributed by atoms with Gasteiger partial charge in [-0.1, -0.05) is 25.9 Å². The lowest BCUT2D eigenvalue weighted by molar-refractivity contribution is 0.0636. The molecule has 0 spiro atoms. The number of nitrogens with one attached hydrogen (secondary N) is 3. The van der Waals surface area contributed by atoms with Crippen LogP contribution in [0.4, 0.5) is 26.8 Å². The van der Waals surface area contributed by atoms with E-state index in [1.54, 1.807) is 75.4 Å². The van der Waals surface area contributed by atoms with Gasteiger partial charge in [-0.25, -0.2) is 9.59 Å². The van der Waals surface area contributed by atoms with Gasteiger partial charge in [-0.15, -0.1) is 0 Å². The summed E-state index contributed by atoms with van der Waals surface area (Å²) < 4.78 is 16.3. The number of rotatable bonds is 5. The molecule has 34 heavy (non-hydrogen) atoms. The Balaban J connectivity index is 1.51. The van der Waals surface area contributed by atoms with Gasteiger partial charge in [0.15, 0.2) is 5.82 Å². The number of hydrogen-bond donors (Lipinski definition) is 3. The molecule has 1 aromatic heterocycles. The van der Waals surface area contributed by atoms with Crippen molar-refractivity contribution in [1.82, 2.24) is 5.16 Å². The summed E-state index contributed by atoms with van der Waals surface area (Å²) in [6, 6.07) is 15.1. The van der Waals surface area contributed by atoms with E-state index in [0.717, 1.165) is 0 Å². The van der Waals surface area contributed by atoms with E-state index in [0.29, 0.717) is 34.5 Å². The van der Waals surface area contributed by atoms with Crippen LogP contribution in [0.25, 0.3) is 0 Å². The topological polar surface area (TPSA) is 115 Å². The Morgan fingerprint density at radius 2 is 1.32 bits per heavy atom. The van der Waals surface area contributed by atoms with Crippen LogP contribution in [0.5, 0.6) is 11.5 Å². The zero-order valence-electron chi connectivity index (χ0n) is 20.2. The van der Waals surface area contributed by atoms with Crippen molar-refractivity contribution in [3.8, 4) is 11.5 Å². The molecule has 0 aliphatic heterocycles. The van der Waals surface area contributed by atoms with Crippen LogP contribution in [-0.2, 0) is 10.2 Å². The molecule has 2 aromatic carbocycles. The van der Waals surface area contributed by atoms with Crippen LogP contribution in [0.1, 0.15) is 47.3 Å². The van der Waals surface area contributed by atoms with E-state index in [1.165, 1.54) is 0 Å². The number of aromatic nitrogens is 1. The second kappa shape index (κ2) is 9.86. The van der Waals surface area contributed by atoms with Gasteiger partial charge < -0.3 is 19.3 Å². The molecule has 0 unspecified atom stereocenters. The molecule has 0 saturated carbocycles. The zero-order chi connectivity index (χ0) is 24.9. The van der Waals surface area contributed by atoms with Gasteiger partial charge in [0, 0.05) is 22.9 Å². The first kappa shape index (κ1) is 24.6. The van der Waals surface area contributed by atoms with Gasteiger partial charge in [-0.2, -0.15) is 0 Å². The number of ether oxygens (including phenoxy) is 2. The molecule has 0 bridgehead atoms. The Kier molecular flexibility index (Phi) is 7.14. The van der Waals surface area contributed by atoms with Crippen LogP contribution >= 0.6 is 0 Å². The molecule has 3 aromatic rings. The summed E-state index contributed by atoms with van der Waals surface area (Å²) in [6.07, 6.45) is -0.522. The Morgan fingerprint density at radius 3 is 1.79 bits per heavy atom. The first-order valence-electron chi connectivity index (χ1n) is 10.8. The third-order valence-corrected chi connectivity index (χ3v) is 4.34. The number of anilines is 3. The molecular formula is C25H30N4O5. The number of nitrogens with zero attached hydrogens (tertiary/aromatic N) is 1. The molecule has 180 valence electrons. The third kappa shape index (κ3) is 7.54. The quantitative estimate of drug-likeness (QED) is 0.383. The maximum atomic E-state index is 12.2. The predicted octanol–water partition coefficient (Wildman–Crippen LogP) is 6.76. The molecule has 9 nitrogen and oxygen atoms in total. The fourth-order valence-corrected chi connectivity index (χ4v) is 2.74. The van der Waals surface area contributed by atoms with Crippen LogP contribution in [0.2, 0.25) is 0 Å². The summed E-state index contributed by atoms with van der Waals surface area (Å²) in [6.45, 7) is 11.4. The lowest BCUT2D eigenvalue weighted by Gasteiger charge is -2.19. The van der Waals surface area contributed by atoms with E-state index < -0.39 is 17.7 Å². The summed E-state index contributed by atoms with van der Waals surface area (Å²) in [7, 11) is 0. The second-order valence-electron chi connectivity index (χ2n) is 9.68. The van der Waals surface area contributed by atoms with Crippen molar-refractivity contribution in [3.63, 3.8) is 0 Å². The van der Waals surface area contributed by atoms with Crippen LogP contribution in [0.15, 0.2) is 59.1 Å². The summed E-state index contributed by atoms with van der Waals surface area (Å²) in [5, 5.41) is 11.9. The van der Waals surface area contributed by atoms with Gasteiger partial charge >= 0.3 is 12.1 Å². The summed E-state index contributed by atoms with van der Waals surface area (Å²) in [5.74, 6) is 2.20. The third-order valence-electron chi connectivity index (χ3n) is 4.34. The molecule has 9 heteroatoms. The molecule has 3 rings (SSSR count). The van der Waals surface area contributed by atoms with E-state index in [4.69, 9.17) is 14.0 Å². The zero-order valence-corrected chi connectivity index (χ0v) is 20.2. The number of amides is 3. The summed E-state index contributed by atoms with van der Waals surface area (Å²) in [5.41, 5.74) is 0.407. The molecular weight excluding hydrogens is 436 g/mol. The number of carbonyl (C=O) groups excluding carboxylic acids is 2. The van der Waals surface area contributed by atoms with Crippen molar-refractivity contribution in [3.05, 3.63) is 60.4 Å². The van der Waals surface area contributed by atoms with E-state index in [2.05, 4.69) is 21.1 Å². The molecule has 3 N–H and O–H groups in total. The molecule has 0 fully saturated rings. The number of carbonyl (C=O) groups is 2. The number of urea groups is 1. The summed E-state index contributed by atoms with van der Waals surface area (Å²) >= 11 is 0. The SMILES string of the molecule is CC(C)(C)OC(=O)Nc1ccc(Oc2ccc(NC(=O)Nc3cc(C(C)(C)C)on3)cc2)cc1. The van der Waals surface area contributed by atoms with Crippen molar-refractivity contribution in [2.24, 2.45) is 0 Å². The highest BCUT2D eigenvalue weighted by molar-refractivity contribution is 5.99. The van der Waals surface area contributed by atoms with Crippen molar-refractivity contribution >= 4 is 29.3 Å². The Hall–Kier alpha value is -4.01. The summed E-state index contributed by atoms with van der Waals surface area (Å²) in [4.78, 5) is 24.1. The van der Waals surface area contributed by atoms with Gasteiger partial charge in [-0.3, -0.25) is 10.6 Å². The molecule has 0 atom stereocenters. The molecule has 0 saturated heterocycles. The Labute approximate surface area is 198 Å². The average Bonchev–Trinajstić information content (AvgIpc) is 3.18. The van der Waals surface area contributed by atoms with Gasteiger partial charge in [0.2, 0.25) is 0 Å². The fraction of sp³-hybridized carbons (Fsp3) is 0.320. The van der Waals surface area contributed by atoms with Gasteiger partial charge in [0.05, 0.1) is 0 Å². The van der Waals surface area contributed by atoms with E-state index in [9.17, 15) is 9.59 Å². The molecule has 0 aliphatic carbocycles. The van der Waals surface area contributed by atoms with Gasteiger partial charge in [0.25, 0.3) is 0 Å². The van der Waals surface area contributed by atoms with Crippen LogP contribution in [0, 0.1) is 0 Å². The first-order chi connectivity index (χ1) is 15.9. The minimum absolute atomic E-state index is 0.200. The minimum atomic E-state index is -0.569. The first-order valence-corrected chi connectivity index (χ1v) is 10.8. The standard InChI is InChI=1S/C25H30N4O5/c1-24(2,3)20-15-21(29-34-20)28-22(30)26-16-7-11-18(12-8-16)32-19-13-9-17(10-14-19)27-23(31)33-25(4,5)6/h7-15H,1-6H3,(H,27,31)(H2,26,28,29,30). The maximum absolute atomic E-state index is 12.2.